The van der Waals surface area contributed by atoms with Gasteiger partial charge in [-0.1, -0.05) is 6.92 Å². The van der Waals surface area contributed by atoms with Crippen LogP contribution in [0.25, 0.3) is 21.9 Å². The van der Waals surface area contributed by atoms with Crippen LogP contribution >= 0.6 is 0 Å². The molecule has 4 heteroatoms. The Morgan fingerprint density at radius 3 is 2.87 bits per heavy atom. The normalized spacial score (nSPS) is 14.3. The Hall–Kier alpha value is -2.23. The summed E-state index contributed by atoms with van der Waals surface area (Å²) in [6.07, 6.45) is 5.60. The zero-order valence-corrected chi connectivity index (χ0v) is 13.9. The molecule has 4 rings (SSSR count). The minimum absolute atomic E-state index is 0.866. The highest BCUT2D eigenvalue weighted by atomic mass is 16.5. The molecule has 120 valence electrons. The van der Waals surface area contributed by atoms with E-state index < -0.39 is 0 Å². The molecule has 2 N–H and O–H groups in total. The fourth-order valence-electron chi connectivity index (χ4n) is 3.86. The number of anilines is 1. The van der Waals surface area contributed by atoms with Crippen LogP contribution < -0.4 is 10.5 Å². The number of methoxy groups -OCH3 is 1. The quantitative estimate of drug-likeness (QED) is 0.793. The maximum absolute atomic E-state index is 6.61. The predicted molar refractivity (Wildman–Crippen MR) is 95.1 cm³/mol. The van der Waals surface area contributed by atoms with Crippen molar-refractivity contribution >= 4 is 27.6 Å². The lowest BCUT2D eigenvalue weighted by molar-refractivity contribution is 0.415. The lowest BCUT2D eigenvalue weighted by Crippen LogP contribution is -2.10. The number of hydrogen-bond acceptors (Lipinski definition) is 3. The fraction of sp³-hybridized carbons (Fsp3) is 0.421. The summed E-state index contributed by atoms with van der Waals surface area (Å²) in [6.45, 7) is 3.15. The van der Waals surface area contributed by atoms with Crippen LogP contribution in [0.1, 0.15) is 37.4 Å². The van der Waals surface area contributed by atoms with Gasteiger partial charge in [0.2, 0.25) is 0 Å². The smallest absolute Gasteiger partial charge is 0.143 e. The van der Waals surface area contributed by atoms with Crippen molar-refractivity contribution in [1.82, 2.24) is 9.55 Å². The first-order valence-corrected chi connectivity index (χ1v) is 8.51. The van der Waals surface area contributed by atoms with E-state index in [1.165, 1.54) is 29.6 Å². The Morgan fingerprint density at radius 2 is 2.09 bits per heavy atom. The van der Waals surface area contributed by atoms with E-state index in [0.717, 1.165) is 53.7 Å². The summed E-state index contributed by atoms with van der Waals surface area (Å²) in [5.41, 5.74) is 12.2. The van der Waals surface area contributed by atoms with Crippen LogP contribution in [-0.4, -0.2) is 16.7 Å². The zero-order valence-electron chi connectivity index (χ0n) is 13.9. The van der Waals surface area contributed by atoms with E-state index in [4.69, 9.17) is 15.5 Å². The second kappa shape index (κ2) is 5.44. The number of aromatic nitrogens is 2. The van der Waals surface area contributed by atoms with Gasteiger partial charge in [-0.05, 0) is 55.9 Å². The van der Waals surface area contributed by atoms with Crippen molar-refractivity contribution in [2.45, 2.75) is 45.6 Å². The van der Waals surface area contributed by atoms with Gasteiger partial charge in [0.1, 0.15) is 11.4 Å². The molecule has 0 unspecified atom stereocenters. The molecule has 0 radical (unpaired) electrons. The van der Waals surface area contributed by atoms with Crippen molar-refractivity contribution in [2.24, 2.45) is 0 Å². The van der Waals surface area contributed by atoms with E-state index in [0.29, 0.717) is 0 Å². The van der Waals surface area contributed by atoms with Gasteiger partial charge < -0.3 is 15.0 Å². The topological polar surface area (TPSA) is 53.1 Å². The molecule has 23 heavy (non-hydrogen) atoms. The number of nitrogens with zero attached hydrogens (tertiary/aromatic N) is 2. The van der Waals surface area contributed by atoms with Crippen LogP contribution in [0.2, 0.25) is 0 Å². The van der Waals surface area contributed by atoms with Crippen LogP contribution in [0.3, 0.4) is 0 Å². The van der Waals surface area contributed by atoms with Gasteiger partial charge in [-0.25, -0.2) is 4.98 Å². The Kier molecular flexibility index (Phi) is 3.40. The summed E-state index contributed by atoms with van der Waals surface area (Å²) in [5.74, 6) is 0.866. The Labute approximate surface area is 136 Å². The van der Waals surface area contributed by atoms with Gasteiger partial charge in [-0.2, -0.15) is 0 Å². The molecule has 1 aliphatic rings. The van der Waals surface area contributed by atoms with Gasteiger partial charge in [-0.15, -0.1) is 0 Å². The molecule has 0 aliphatic heterocycles. The molecule has 4 nitrogen and oxygen atoms in total. The second-order valence-corrected chi connectivity index (χ2v) is 6.39. The average Bonchev–Trinajstić information content (AvgIpc) is 2.89. The van der Waals surface area contributed by atoms with Crippen molar-refractivity contribution < 1.29 is 4.74 Å². The standard InChI is InChI=1S/C19H23N3O/c1-3-10-22-16-9-8-12(23-2)11-14(16)17-18(20)13-6-4-5-7-15(13)21-19(17)22/h8-9,11H,3-7,10H2,1-2H3,(H2,20,21). The molecule has 0 amide bonds. The van der Waals surface area contributed by atoms with Crippen molar-refractivity contribution in [3.05, 3.63) is 29.5 Å². The summed E-state index contributed by atoms with van der Waals surface area (Å²) in [7, 11) is 1.70. The molecule has 0 atom stereocenters. The molecule has 0 fully saturated rings. The highest BCUT2D eigenvalue weighted by Gasteiger charge is 2.21. The number of rotatable bonds is 3. The zero-order chi connectivity index (χ0) is 16.0. The molecule has 0 bridgehead atoms. The molecule has 2 heterocycles. The van der Waals surface area contributed by atoms with E-state index in [1.54, 1.807) is 7.11 Å². The van der Waals surface area contributed by atoms with E-state index in [9.17, 15) is 0 Å². The van der Waals surface area contributed by atoms with E-state index in [2.05, 4.69) is 23.6 Å². The van der Waals surface area contributed by atoms with Gasteiger partial charge in [0.25, 0.3) is 0 Å². The van der Waals surface area contributed by atoms with Crippen molar-refractivity contribution in [1.29, 1.82) is 0 Å². The molecule has 0 saturated carbocycles. The molecule has 2 aromatic heterocycles. The minimum atomic E-state index is 0.866. The number of ether oxygens (including phenoxy) is 1. The van der Waals surface area contributed by atoms with Crippen molar-refractivity contribution in [3.63, 3.8) is 0 Å². The number of nitrogen functional groups attached to an aromatic ring is 1. The number of benzene rings is 1. The Morgan fingerprint density at radius 1 is 1.26 bits per heavy atom. The summed E-state index contributed by atoms with van der Waals surface area (Å²) in [5, 5.41) is 2.26. The molecule has 1 aromatic carbocycles. The van der Waals surface area contributed by atoms with Gasteiger partial charge >= 0.3 is 0 Å². The van der Waals surface area contributed by atoms with E-state index in [1.807, 2.05) is 6.07 Å². The molecule has 1 aliphatic carbocycles. The highest BCUT2D eigenvalue weighted by Crippen LogP contribution is 2.38. The van der Waals surface area contributed by atoms with Crippen molar-refractivity contribution in [3.8, 4) is 5.75 Å². The van der Waals surface area contributed by atoms with Crippen LogP contribution in [0.15, 0.2) is 18.2 Å². The summed E-state index contributed by atoms with van der Waals surface area (Å²) < 4.78 is 7.74. The average molecular weight is 309 g/mol. The second-order valence-electron chi connectivity index (χ2n) is 6.39. The predicted octanol–water partition coefficient (Wildman–Crippen LogP) is 4.07. The Bertz CT molecular complexity index is 895. The van der Waals surface area contributed by atoms with Crippen LogP contribution in [0, 0.1) is 0 Å². The third kappa shape index (κ3) is 2.08. The van der Waals surface area contributed by atoms with Crippen LogP contribution in [-0.2, 0) is 19.4 Å². The number of pyridine rings is 1. The number of hydrogen-bond donors (Lipinski definition) is 1. The Balaban J connectivity index is 2.14. The van der Waals surface area contributed by atoms with E-state index >= 15 is 0 Å². The molecule has 3 aromatic rings. The van der Waals surface area contributed by atoms with Crippen LogP contribution in [0.4, 0.5) is 5.69 Å². The summed E-state index contributed by atoms with van der Waals surface area (Å²) >= 11 is 0. The first kappa shape index (κ1) is 14.4. The summed E-state index contributed by atoms with van der Waals surface area (Å²) in [4.78, 5) is 5.03. The lowest BCUT2D eigenvalue weighted by atomic mass is 9.93. The van der Waals surface area contributed by atoms with Gasteiger partial charge in [0, 0.05) is 23.3 Å². The molecular formula is C19H23N3O. The van der Waals surface area contributed by atoms with Crippen LogP contribution in [0.5, 0.6) is 5.75 Å². The third-order valence-corrected chi connectivity index (χ3v) is 4.96. The third-order valence-electron chi connectivity index (χ3n) is 4.96. The number of nitrogens with two attached hydrogens (primary N) is 1. The van der Waals surface area contributed by atoms with Crippen molar-refractivity contribution in [2.75, 3.05) is 12.8 Å². The first-order chi connectivity index (χ1) is 11.2. The molecule has 0 spiro atoms. The van der Waals surface area contributed by atoms with Gasteiger partial charge in [0.15, 0.2) is 0 Å². The van der Waals surface area contributed by atoms with Gasteiger partial charge in [-0.3, -0.25) is 0 Å². The number of aryl methyl sites for hydroxylation is 2. The molecule has 0 saturated heterocycles. The maximum Gasteiger partial charge on any atom is 0.143 e. The molecular weight excluding hydrogens is 286 g/mol. The van der Waals surface area contributed by atoms with Gasteiger partial charge in [0.05, 0.1) is 18.0 Å². The lowest BCUT2D eigenvalue weighted by Gasteiger charge is -2.18. The minimum Gasteiger partial charge on any atom is -0.497 e. The SMILES string of the molecule is CCCn1c2ccc(OC)cc2c2c(N)c3c(nc21)CCCC3. The number of fused-ring (bicyclic) bond motifs is 4. The highest BCUT2D eigenvalue weighted by molar-refractivity contribution is 6.13. The summed E-state index contributed by atoms with van der Waals surface area (Å²) in [6, 6.07) is 6.24. The fourth-order valence-corrected chi connectivity index (χ4v) is 3.86. The monoisotopic (exact) mass is 309 g/mol. The maximum atomic E-state index is 6.61. The first-order valence-electron chi connectivity index (χ1n) is 8.51. The largest absolute Gasteiger partial charge is 0.497 e. The van der Waals surface area contributed by atoms with E-state index in [-0.39, 0.29) is 0 Å².